The molecule has 0 heterocycles. The van der Waals surface area contributed by atoms with Crippen LogP contribution in [0.25, 0.3) is 0 Å². The van der Waals surface area contributed by atoms with Crippen molar-refractivity contribution in [3.05, 3.63) is 41.0 Å². The largest absolute Gasteiger partial charge is 0.325 e. The zero-order valence-electron chi connectivity index (χ0n) is 13.3. The van der Waals surface area contributed by atoms with E-state index in [0.717, 1.165) is 16.8 Å². The number of rotatable bonds is 2. The first-order valence-electron chi connectivity index (χ1n) is 8.13. The summed E-state index contributed by atoms with van der Waals surface area (Å²) in [5, 5.41) is 3.19. The maximum Gasteiger partial charge on any atom is 0.228 e. The molecule has 2 aliphatic rings. The van der Waals surface area contributed by atoms with Crippen LogP contribution in [0.5, 0.6) is 0 Å². The summed E-state index contributed by atoms with van der Waals surface area (Å²) in [4.78, 5) is 12.6. The van der Waals surface area contributed by atoms with E-state index in [1.54, 1.807) is 0 Å². The highest BCUT2D eigenvalue weighted by molar-refractivity contribution is 5.96. The summed E-state index contributed by atoms with van der Waals surface area (Å²) in [5.41, 5.74) is 4.58. The minimum Gasteiger partial charge on any atom is -0.325 e. The molecule has 2 heteroatoms. The van der Waals surface area contributed by atoms with Gasteiger partial charge in [-0.15, -0.1) is 0 Å². The highest BCUT2D eigenvalue weighted by Gasteiger charge is 2.52. The molecule has 1 aromatic carbocycles. The highest BCUT2D eigenvalue weighted by Crippen LogP contribution is 2.52. The average molecular weight is 283 g/mol. The molecule has 1 N–H and O–H groups in total. The van der Waals surface area contributed by atoms with Gasteiger partial charge in [0.05, 0.1) is 0 Å². The monoisotopic (exact) mass is 283 g/mol. The fraction of sp³-hybridized carbons (Fsp3) is 0.526. The van der Waals surface area contributed by atoms with Crippen LogP contribution in [-0.2, 0) is 4.79 Å². The molecule has 112 valence electrons. The summed E-state index contributed by atoms with van der Waals surface area (Å²) < 4.78 is 0. The normalized spacial score (nSPS) is 27.5. The van der Waals surface area contributed by atoms with E-state index in [1.165, 1.54) is 31.2 Å². The molecule has 2 aliphatic carbocycles. The van der Waals surface area contributed by atoms with Gasteiger partial charge in [-0.1, -0.05) is 36.3 Å². The van der Waals surface area contributed by atoms with Crippen molar-refractivity contribution in [2.75, 3.05) is 5.32 Å². The van der Waals surface area contributed by atoms with E-state index in [1.807, 2.05) is 0 Å². The zero-order valence-corrected chi connectivity index (χ0v) is 13.3. The van der Waals surface area contributed by atoms with Gasteiger partial charge in [0.2, 0.25) is 5.91 Å². The van der Waals surface area contributed by atoms with Crippen LogP contribution in [0.1, 0.15) is 42.4 Å². The average Bonchev–Trinajstić information content (AvgIpc) is 3.05. The van der Waals surface area contributed by atoms with Crippen molar-refractivity contribution in [2.45, 2.75) is 46.5 Å². The van der Waals surface area contributed by atoms with Crippen molar-refractivity contribution in [1.82, 2.24) is 0 Å². The van der Waals surface area contributed by atoms with Crippen LogP contribution in [0.4, 0.5) is 5.69 Å². The number of benzene rings is 1. The standard InChI is InChI=1S/C19H25NO/c1-12-10-13(2)18(14(3)11-12)20-19(21)17-15-8-6-4-5-7-9-16(15)17/h6,8,10-11,15-17H,4-5,7,9H2,1-3H3,(H,20,21)/t15-,16+,17+/m0/s1. The third kappa shape index (κ3) is 2.90. The first-order chi connectivity index (χ1) is 10.1. The third-order valence-electron chi connectivity index (χ3n) is 4.97. The number of hydrogen-bond acceptors (Lipinski definition) is 1. The molecule has 1 amide bonds. The van der Waals surface area contributed by atoms with Gasteiger partial charge in [-0.2, -0.15) is 0 Å². The number of amides is 1. The summed E-state index contributed by atoms with van der Waals surface area (Å²) in [6.07, 6.45) is 9.46. The van der Waals surface area contributed by atoms with Crippen molar-refractivity contribution in [3.63, 3.8) is 0 Å². The molecule has 1 saturated carbocycles. The Balaban J connectivity index is 1.73. The van der Waals surface area contributed by atoms with Gasteiger partial charge < -0.3 is 5.32 Å². The Bertz CT molecular complexity index is 564. The number of aryl methyl sites for hydroxylation is 3. The van der Waals surface area contributed by atoms with E-state index in [4.69, 9.17) is 0 Å². The summed E-state index contributed by atoms with van der Waals surface area (Å²) in [6.45, 7) is 6.25. The molecule has 0 spiro atoms. The lowest BCUT2D eigenvalue weighted by atomic mass is 10.0. The number of hydrogen-bond donors (Lipinski definition) is 1. The second kappa shape index (κ2) is 5.67. The second-order valence-corrected chi connectivity index (χ2v) is 6.74. The van der Waals surface area contributed by atoms with Gasteiger partial charge in [-0.05, 0) is 63.0 Å². The molecule has 0 aliphatic heterocycles. The summed E-state index contributed by atoms with van der Waals surface area (Å²) in [6, 6.07) is 4.27. The Kier molecular flexibility index (Phi) is 3.88. The van der Waals surface area contributed by atoms with E-state index in [2.05, 4.69) is 50.4 Å². The SMILES string of the molecule is Cc1cc(C)c(NC(=O)[C@@H]2[C@H]3C=CCCCC[C@H]32)c(C)c1. The maximum absolute atomic E-state index is 12.6. The quantitative estimate of drug-likeness (QED) is 0.793. The first kappa shape index (κ1) is 14.4. The Morgan fingerprint density at radius 2 is 1.86 bits per heavy atom. The van der Waals surface area contributed by atoms with Crippen LogP contribution in [0, 0.1) is 38.5 Å². The molecule has 1 fully saturated rings. The highest BCUT2D eigenvalue weighted by atomic mass is 16.2. The number of nitrogens with one attached hydrogen (secondary N) is 1. The Hall–Kier alpha value is -1.57. The summed E-state index contributed by atoms with van der Waals surface area (Å²) in [5.74, 6) is 1.47. The van der Waals surface area contributed by atoms with Crippen molar-refractivity contribution in [3.8, 4) is 0 Å². The van der Waals surface area contributed by atoms with Gasteiger partial charge in [0, 0.05) is 11.6 Å². The van der Waals surface area contributed by atoms with Gasteiger partial charge >= 0.3 is 0 Å². The smallest absolute Gasteiger partial charge is 0.228 e. The van der Waals surface area contributed by atoms with Crippen molar-refractivity contribution >= 4 is 11.6 Å². The molecule has 0 saturated heterocycles. The molecule has 2 nitrogen and oxygen atoms in total. The molecule has 0 radical (unpaired) electrons. The fourth-order valence-electron chi connectivity index (χ4n) is 3.88. The van der Waals surface area contributed by atoms with Crippen LogP contribution < -0.4 is 5.32 Å². The van der Waals surface area contributed by atoms with Crippen LogP contribution in [0.3, 0.4) is 0 Å². The van der Waals surface area contributed by atoms with Crippen molar-refractivity contribution < 1.29 is 4.79 Å². The molecule has 3 atom stereocenters. The molecule has 0 bridgehead atoms. The van der Waals surface area contributed by atoms with Crippen LogP contribution in [0.2, 0.25) is 0 Å². The second-order valence-electron chi connectivity index (χ2n) is 6.74. The first-order valence-corrected chi connectivity index (χ1v) is 8.13. The van der Waals surface area contributed by atoms with Gasteiger partial charge in [0.15, 0.2) is 0 Å². The Morgan fingerprint density at radius 1 is 1.14 bits per heavy atom. The molecule has 0 unspecified atom stereocenters. The van der Waals surface area contributed by atoms with E-state index < -0.39 is 0 Å². The topological polar surface area (TPSA) is 29.1 Å². The number of allylic oxidation sites excluding steroid dienone is 2. The predicted octanol–water partition coefficient (Wildman–Crippen LogP) is 4.54. The number of carbonyl (C=O) groups is 1. The van der Waals surface area contributed by atoms with E-state index >= 15 is 0 Å². The molecule has 21 heavy (non-hydrogen) atoms. The van der Waals surface area contributed by atoms with E-state index in [0.29, 0.717) is 11.8 Å². The van der Waals surface area contributed by atoms with Crippen LogP contribution >= 0.6 is 0 Å². The molecular weight excluding hydrogens is 258 g/mol. The number of fused-ring (bicyclic) bond motifs is 1. The van der Waals surface area contributed by atoms with Gasteiger partial charge in [-0.25, -0.2) is 0 Å². The minimum atomic E-state index is 0.194. The van der Waals surface area contributed by atoms with Gasteiger partial charge in [-0.3, -0.25) is 4.79 Å². The lowest BCUT2D eigenvalue weighted by molar-refractivity contribution is -0.117. The minimum absolute atomic E-state index is 0.194. The number of carbonyl (C=O) groups excluding carboxylic acids is 1. The molecular formula is C19H25NO. The van der Waals surface area contributed by atoms with Crippen LogP contribution in [-0.4, -0.2) is 5.91 Å². The number of anilines is 1. The van der Waals surface area contributed by atoms with Gasteiger partial charge in [0.1, 0.15) is 0 Å². The lowest BCUT2D eigenvalue weighted by Gasteiger charge is -2.13. The molecule has 1 aromatic rings. The van der Waals surface area contributed by atoms with Crippen LogP contribution in [0.15, 0.2) is 24.3 Å². The van der Waals surface area contributed by atoms with E-state index in [9.17, 15) is 4.79 Å². The maximum atomic E-state index is 12.6. The van der Waals surface area contributed by atoms with Gasteiger partial charge in [0.25, 0.3) is 0 Å². The van der Waals surface area contributed by atoms with Crippen molar-refractivity contribution in [1.29, 1.82) is 0 Å². The molecule has 0 aromatic heterocycles. The lowest BCUT2D eigenvalue weighted by Crippen LogP contribution is -2.17. The third-order valence-corrected chi connectivity index (χ3v) is 4.97. The summed E-state index contributed by atoms with van der Waals surface area (Å²) in [7, 11) is 0. The summed E-state index contributed by atoms with van der Waals surface area (Å²) >= 11 is 0. The zero-order chi connectivity index (χ0) is 15.0. The van der Waals surface area contributed by atoms with E-state index in [-0.39, 0.29) is 11.8 Å². The Morgan fingerprint density at radius 3 is 2.57 bits per heavy atom. The fourth-order valence-corrected chi connectivity index (χ4v) is 3.88. The molecule has 3 rings (SSSR count). The predicted molar refractivity (Wildman–Crippen MR) is 87.4 cm³/mol. The Labute approximate surface area is 127 Å². The van der Waals surface area contributed by atoms with Crippen molar-refractivity contribution in [2.24, 2.45) is 17.8 Å².